The Labute approximate surface area is 166 Å². The molecule has 4 N–H and O–H groups in total. The lowest BCUT2D eigenvalue weighted by Gasteiger charge is -2.07. The van der Waals surface area contributed by atoms with Crippen LogP contribution in [0.5, 0.6) is 0 Å². The monoisotopic (exact) mass is 382 g/mol. The van der Waals surface area contributed by atoms with Gasteiger partial charge in [0.1, 0.15) is 6.04 Å². The molecular formula is C22H42N2O3. The number of nitrogens with one attached hydrogen (secondary N) is 1. The molecule has 158 valence electrons. The van der Waals surface area contributed by atoms with Gasteiger partial charge in [-0.1, -0.05) is 57.6 Å². The molecule has 1 amide bonds. The third-order valence-electron chi connectivity index (χ3n) is 4.75. The van der Waals surface area contributed by atoms with Crippen molar-refractivity contribution >= 4 is 11.9 Å². The summed E-state index contributed by atoms with van der Waals surface area (Å²) in [4.78, 5) is 22.3. The molecule has 0 aliphatic heterocycles. The summed E-state index contributed by atoms with van der Waals surface area (Å²) in [5, 5.41) is 11.6. The van der Waals surface area contributed by atoms with Gasteiger partial charge in [-0.25, -0.2) is 0 Å². The number of carboxylic acid groups (broad SMARTS) is 1. The minimum atomic E-state index is -0.963. The number of hydrogen-bond acceptors (Lipinski definition) is 3. The van der Waals surface area contributed by atoms with Crippen molar-refractivity contribution in [3.05, 3.63) is 12.2 Å². The van der Waals surface area contributed by atoms with E-state index in [-0.39, 0.29) is 5.91 Å². The summed E-state index contributed by atoms with van der Waals surface area (Å²) in [6, 6.07) is -0.792. The van der Waals surface area contributed by atoms with Crippen molar-refractivity contribution in [3.8, 4) is 0 Å². The van der Waals surface area contributed by atoms with Gasteiger partial charge in [0.2, 0.25) is 5.91 Å². The molecule has 0 aromatic rings. The number of carbonyl (C=O) groups is 2. The van der Waals surface area contributed by atoms with E-state index in [2.05, 4.69) is 24.4 Å². The number of carbonyl (C=O) groups excluding carboxylic acids is 1. The second-order valence-electron chi connectivity index (χ2n) is 7.42. The molecule has 0 fully saturated rings. The highest BCUT2D eigenvalue weighted by molar-refractivity contribution is 5.75. The quantitative estimate of drug-likeness (QED) is 0.218. The number of aliphatic carboxylic acids is 1. The Hall–Kier alpha value is -1.36. The summed E-state index contributed by atoms with van der Waals surface area (Å²) in [6.45, 7) is 2.85. The van der Waals surface area contributed by atoms with E-state index in [9.17, 15) is 9.59 Å². The molecule has 0 saturated carbocycles. The number of carboxylic acids is 1. The van der Waals surface area contributed by atoms with Crippen LogP contribution in [0.4, 0.5) is 0 Å². The number of nitrogens with two attached hydrogens (primary N) is 1. The standard InChI is InChI=1S/C22H42N2O3/c1-2-3-4-5-6-7-8-9-10-11-12-13-14-18-21(25)24-19-16-15-17-20(23)22(26)27/h10-11,20H,2-9,12-19,23H2,1H3,(H,24,25)(H,26,27)/b11-10+/t20-/m0/s1. The zero-order chi connectivity index (χ0) is 20.2. The van der Waals surface area contributed by atoms with Crippen molar-refractivity contribution in [2.24, 2.45) is 5.73 Å². The zero-order valence-electron chi connectivity index (χ0n) is 17.4. The summed E-state index contributed by atoms with van der Waals surface area (Å²) in [7, 11) is 0. The van der Waals surface area contributed by atoms with Gasteiger partial charge in [-0.15, -0.1) is 0 Å². The second-order valence-corrected chi connectivity index (χ2v) is 7.42. The predicted octanol–water partition coefficient (Wildman–Crippen LogP) is 4.94. The van der Waals surface area contributed by atoms with Crippen LogP contribution >= 0.6 is 0 Å². The molecule has 0 aromatic heterocycles. The fourth-order valence-electron chi connectivity index (χ4n) is 2.93. The Morgan fingerprint density at radius 2 is 1.48 bits per heavy atom. The van der Waals surface area contributed by atoms with Crippen LogP contribution in [0, 0.1) is 0 Å². The first kappa shape index (κ1) is 25.6. The van der Waals surface area contributed by atoms with Gasteiger partial charge in [0.05, 0.1) is 0 Å². The minimum absolute atomic E-state index is 0.0876. The molecule has 0 aromatic carbocycles. The molecule has 0 spiro atoms. The van der Waals surface area contributed by atoms with Crippen molar-refractivity contribution in [1.29, 1.82) is 0 Å². The van der Waals surface area contributed by atoms with Gasteiger partial charge in [0, 0.05) is 13.0 Å². The van der Waals surface area contributed by atoms with Crippen LogP contribution in [0.3, 0.4) is 0 Å². The van der Waals surface area contributed by atoms with Gasteiger partial charge in [-0.3, -0.25) is 9.59 Å². The fourth-order valence-corrected chi connectivity index (χ4v) is 2.93. The van der Waals surface area contributed by atoms with Gasteiger partial charge in [0.25, 0.3) is 0 Å². The average Bonchev–Trinajstić information content (AvgIpc) is 2.64. The van der Waals surface area contributed by atoms with Crippen molar-refractivity contribution in [2.75, 3.05) is 6.54 Å². The van der Waals surface area contributed by atoms with E-state index >= 15 is 0 Å². The largest absolute Gasteiger partial charge is 0.480 e. The van der Waals surface area contributed by atoms with Gasteiger partial charge in [-0.2, -0.15) is 0 Å². The van der Waals surface area contributed by atoms with Crippen molar-refractivity contribution in [2.45, 2.75) is 109 Å². The molecular weight excluding hydrogens is 340 g/mol. The number of allylic oxidation sites excluding steroid dienone is 2. The van der Waals surface area contributed by atoms with E-state index < -0.39 is 12.0 Å². The lowest BCUT2D eigenvalue weighted by molar-refractivity contribution is -0.138. The van der Waals surface area contributed by atoms with Crippen LogP contribution in [-0.2, 0) is 9.59 Å². The maximum Gasteiger partial charge on any atom is 0.320 e. The van der Waals surface area contributed by atoms with E-state index in [1.165, 1.54) is 51.4 Å². The number of hydrogen-bond donors (Lipinski definition) is 3. The summed E-state index contributed by atoms with van der Waals surface area (Å²) < 4.78 is 0. The maximum absolute atomic E-state index is 11.7. The molecule has 1 atom stereocenters. The molecule has 0 heterocycles. The van der Waals surface area contributed by atoms with Gasteiger partial charge in [0.15, 0.2) is 0 Å². The highest BCUT2D eigenvalue weighted by Crippen LogP contribution is 2.09. The molecule has 0 saturated heterocycles. The summed E-state index contributed by atoms with van der Waals surface area (Å²) in [5.41, 5.74) is 5.43. The predicted molar refractivity (Wildman–Crippen MR) is 113 cm³/mol. The average molecular weight is 383 g/mol. The molecule has 0 rings (SSSR count). The number of unbranched alkanes of at least 4 members (excludes halogenated alkanes) is 10. The molecule has 0 unspecified atom stereocenters. The molecule has 0 bridgehead atoms. The molecule has 27 heavy (non-hydrogen) atoms. The molecule has 0 aliphatic carbocycles. The normalized spacial score (nSPS) is 12.4. The summed E-state index contributed by atoms with van der Waals surface area (Å²) in [6.07, 6.45) is 20.7. The van der Waals surface area contributed by atoms with Gasteiger partial charge < -0.3 is 16.2 Å². The first-order chi connectivity index (χ1) is 13.1. The number of amides is 1. The van der Waals surface area contributed by atoms with E-state index in [1.54, 1.807) is 0 Å². The third kappa shape index (κ3) is 19.2. The second kappa shape index (κ2) is 19.4. The fraction of sp³-hybridized carbons (Fsp3) is 0.818. The highest BCUT2D eigenvalue weighted by atomic mass is 16.4. The van der Waals surface area contributed by atoms with Crippen LogP contribution in [0.2, 0.25) is 0 Å². The van der Waals surface area contributed by atoms with Crippen LogP contribution in [0.1, 0.15) is 103 Å². The van der Waals surface area contributed by atoms with Gasteiger partial charge in [-0.05, 0) is 51.4 Å². The highest BCUT2D eigenvalue weighted by Gasteiger charge is 2.10. The Morgan fingerprint density at radius 1 is 0.889 bits per heavy atom. The van der Waals surface area contributed by atoms with Crippen LogP contribution in [-0.4, -0.2) is 29.6 Å². The SMILES string of the molecule is CCCCCCCCC/C=C/CCCCC(=O)NCCCC[C@H](N)C(=O)O. The summed E-state index contributed by atoms with van der Waals surface area (Å²) in [5.74, 6) is -0.875. The zero-order valence-corrected chi connectivity index (χ0v) is 17.4. The molecule has 0 radical (unpaired) electrons. The van der Waals surface area contributed by atoms with Crippen molar-refractivity contribution < 1.29 is 14.7 Å². The first-order valence-corrected chi connectivity index (χ1v) is 11.0. The topological polar surface area (TPSA) is 92.4 Å². The first-order valence-electron chi connectivity index (χ1n) is 11.0. The summed E-state index contributed by atoms with van der Waals surface area (Å²) >= 11 is 0. The van der Waals surface area contributed by atoms with Crippen LogP contribution < -0.4 is 11.1 Å². The van der Waals surface area contributed by atoms with E-state index in [0.717, 1.165) is 32.1 Å². The number of rotatable bonds is 19. The van der Waals surface area contributed by atoms with Crippen molar-refractivity contribution in [1.82, 2.24) is 5.32 Å². The third-order valence-corrected chi connectivity index (χ3v) is 4.75. The molecule has 0 aliphatic rings. The van der Waals surface area contributed by atoms with Crippen LogP contribution in [0.15, 0.2) is 12.2 Å². The maximum atomic E-state index is 11.7. The van der Waals surface area contributed by atoms with E-state index in [0.29, 0.717) is 19.4 Å². The van der Waals surface area contributed by atoms with E-state index in [1.807, 2.05) is 0 Å². The van der Waals surface area contributed by atoms with Crippen LogP contribution in [0.25, 0.3) is 0 Å². The smallest absolute Gasteiger partial charge is 0.320 e. The molecule has 5 heteroatoms. The Kier molecular flexibility index (Phi) is 18.4. The Morgan fingerprint density at radius 3 is 2.11 bits per heavy atom. The van der Waals surface area contributed by atoms with Gasteiger partial charge >= 0.3 is 5.97 Å². The Bertz CT molecular complexity index is 397. The lowest BCUT2D eigenvalue weighted by atomic mass is 10.1. The van der Waals surface area contributed by atoms with Crippen molar-refractivity contribution in [3.63, 3.8) is 0 Å². The van der Waals surface area contributed by atoms with E-state index in [4.69, 9.17) is 10.8 Å². The minimum Gasteiger partial charge on any atom is -0.480 e. The lowest BCUT2D eigenvalue weighted by Crippen LogP contribution is -2.30. The molecule has 5 nitrogen and oxygen atoms in total. The Balaban J connectivity index is 3.32.